The van der Waals surface area contributed by atoms with Gasteiger partial charge in [-0.15, -0.1) is 0 Å². The minimum absolute atomic E-state index is 0.175. The Bertz CT molecular complexity index is 527. The fraction of sp³-hybridized carbons (Fsp3) is 0.400. The molecule has 1 unspecified atom stereocenters. The van der Waals surface area contributed by atoms with E-state index in [9.17, 15) is 14.4 Å². The molecular formula is C15H20N2O5. The normalized spacial score (nSPS) is 11.5. The van der Waals surface area contributed by atoms with Crippen LogP contribution in [0.3, 0.4) is 0 Å². The molecule has 0 fully saturated rings. The van der Waals surface area contributed by atoms with Crippen LogP contribution < -0.4 is 15.8 Å². The molecule has 1 atom stereocenters. The summed E-state index contributed by atoms with van der Waals surface area (Å²) < 4.78 is 5.05. The zero-order chi connectivity index (χ0) is 16.5. The third-order valence-corrected chi connectivity index (χ3v) is 3.07. The standard InChI is InChI=1S/C15H20N2O5/c1-22-11-7-5-10(6-8-11)3-2-4-14(19)17-12(15(20)21)9-13(16)18/h5-8,12H,2-4,9H2,1H3,(H2,16,18)(H,17,19)(H,20,21). The van der Waals surface area contributed by atoms with Gasteiger partial charge in [0.15, 0.2) is 0 Å². The van der Waals surface area contributed by atoms with Crippen molar-refractivity contribution in [3.05, 3.63) is 29.8 Å². The fourth-order valence-corrected chi connectivity index (χ4v) is 1.91. The summed E-state index contributed by atoms with van der Waals surface area (Å²) in [7, 11) is 1.59. The molecule has 120 valence electrons. The van der Waals surface area contributed by atoms with Crippen LogP contribution in [0.5, 0.6) is 5.75 Å². The average Bonchev–Trinajstić information content (AvgIpc) is 2.46. The number of nitrogens with one attached hydrogen (secondary N) is 1. The third-order valence-electron chi connectivity index (χ3n) is 3.07. The molecule has 0 spiro atoms. The Morgan fingerprint density at radius 2 is 1.91 bits per heavy atom. The average molecular weight is 308 g/mol. The number of carboxylic acid groups (broad SMARTS) is 1. The summed E-state index contributed by atoms with van der Waals surface area (Å²) in [6.07, 6.45) is 1.01. The highest BCUT2D eigenvalue weighted by atomic mass is 16.5. The zero-order valence-electron chi connectivity index (χ0n) is 12.4. The first-order valence-corrected chi connectivity index (χ1v) is 6.85. The molecule has 0 radical (unpaired) electrons. The number of methoxy groups -OCH3 is 1. The number of aliphatic carboxylic acids is 1. The lowest BCUT2D eigenvalue weighted by Gasteiger charge is -2.12. The number of hydrogen-bond donors (Lipinski definition) is 3. The first kappa shape index (κ1) is 17.5. The molecule has 7 heteroatoms. The van der Waals surface area contributed by atoms with E-state index in [4.69, 9.17) is 15.6 Å². The highest BCUT2D eigenvalue weighted by Crippen LogP contribution is 2.13. The molecule has 1 rings (SSSR count). The van der Waals surface area contributed by atoms with Gasteiger partial charge in [-0.25, -0.2) is 4.79 Å². The second kappa shape index (κ2) is 8.66. The fourth-order valence-electron chi connectivity index (χ4n) is 1.91. The predicted octanol–water partition coefficient (Wildman–Crippen LogP) is 0.463. The maximum absolute atomic E-state index is 11.7. The van der Waals surface area contributed by atoms with Gasteiger partial charge in [-0.1, -0.05) is 12.1 Å². The van der Waals surface area contributed by atoms with E-state index in [0.717, 1.165) is 11.3 Å². The lowest BCUT2D eigenvalue weighted by atomic mass is 10.1. The van der Waals surface area contributed by atoms with E-state index >= 15 is 0 Å². The lowest BCUT2D eigenvalue weighted by Crippen LogP contribution is -2.43. The van der Waals surface area contributed by atoms with Gasteiger partial charge in [-0.3, -0.25) is 9.59 Å². The molecule has 1 aromatic rings. The van der Waals surface area contributed by atoms with Gasteiger partial charge in [0.05, 0.1) is 13.5 Å². The van der Waals surface area contributed by atoms with Gasteiger partial charge in [-0.05, 0) is 30.5 Å². The van der Waals surface area contributed by atoms with Crippen molar-refractivity contribution < 1.29 is 24.2 Å². The molecule has 0 aromatic heterocycles. The smallest absolute Gasteiger partial charge is 0.326 e. The molecule has 4 N–H and O–H groups in total. The van der Waals surface area contributed by atoms with Gasteiger partial charge in [0, 0.05) is 6.42 Å². The van der Waals surface area contributed by atoms with Crippen molar-refractivity contribution in [1.82, 2.24) is 5.32 Å². The number of amides is 2. The summed E-state index contributed by atoms with van der Waals surface area (Å²) in [5.74, 6) is -1.70. The van der Waals surface area contributed by atoms with Gasteiger partial charge in [0.25, 0.3) is 0 Å². The summed E-state index contributed by atoms with van der Waals surface area (Å²) in [5.41, 5.74) is 6.00. The first-order chi connectivity index (χ1) is 10.4. The lowest BCUT2D eigenvalue weighted by molar-refractivity contribution is -0.143. The number of carbonyl (C=O) groups excluding carboxylic acids is 2. The van der Waals surface area contributed by atoms with Crippen LogP contribution in [0.25, 0.3) is 0 Å². The van der Waals surface area contributed by atoms with Gasteiger partial charge in [0.1, 0.15) is 11.8 Å². The van der Waals surface area contributed by atoms with E-state index in [1.807, 2.05) is 24.3 Å². The number of primary amides is 1. The van der Waals surface area contributed by atoms with Crippen molar-refractivity contribution in [2.24, 2.45) is 5.73 Å². The van der Waals surface area contributed by atoms with Crippen LogP contribution in [0, 0.1) is 0 Å². The third kappa shape index (κ3) is 6.25. The largest absolute Gasteiger partial charge is 0.497 e. The maximum Gasteiger partial charge on any atom is 0.326 e. The number of aryl methyl sites for hydroxylation is 1. The SMILES string of the molecule is COc1ccc(CCCC(=O)NC(CC(N)=O)C(=O)O)cc1. The van der Waals surface area contributed by atoms with Crippen molar-refractivity contribution in [1.29, 1.82) is 0 Å². The van der Waals surface area contributed by atoms with Gasteiger partial charge in [0.2, 0.25) is 11.8 Å². The second-order valence-corrected chi connectivity index (χ2v) is 4.83. The molecule has 22 heavy (non-hydrogen) atoms. The number of ether oxygens (including phenoxy) is 1. The van der Waals surface area contributed by atoms with Crippen LogP contribution >= 0.6 is 0 Å². The number of nitrogens with two attached hydrogens (primary N) is 1. The van der Waals surface area contributed by atoms with Gasteiger partial charge in [-0.2, -0.15) is 0 Å². The van der Waals surface area contributed by atoms with Crippen molar-refractivity contribution >= 4 is 17.8 Å². The first-order valence-electron chi connectivity index (χ1n) is 6.85. The monoisotopic (exact) mass is 308 g/mol. The maximum atomic E-state index is 11.7. The Morgan fingerprint density at radius 1 is 1.27 bits per heavy atom. The van der Waals surface area contributed by atoms with E-state index in [1.54, 1.807) is 7.11 Å². The Hall–Kier alpha value is -2.57. The Labute approximate surface area is 128 Å². The van der Waals surface area contributed by atoms with E-state index in [1.165, 1.54) is 0 Å². The van der Waals surface area contributed by atoms with E-state index < -0.39 is 30.2 Å². The van der Waals surface area contributed by atoms with Crippen molar-refractivity contribution in [3.8, 4) is 5.75 Å². The Kier molecular flexibility index (Phi) is 6.88. The molecule has 0 saturated heterocycles. The predicted molar refractivity (Wildman–Crippen MR) is 79.3 cm³/mol. The minimum atomic E-state index is -1.28. The van der Waals surface area contributed by atoms with Crippen LogP contribution in [0.2, 0.25) is 0 Å². The summed E-state index contributed by atoms with van der Waals surface area (Å²) in [4.78, 5) is 33.3. The summed E-state index contributed by atoms with van der Waals surface area (Å²) in [6.45, 7) is 0. The van der Waals surface area contributed by atoms with Crippen molar-refractivity contribution in [2.45, 2.75) is 31.7 Å². The van der Waals surface area contributed by atoms with Crippen molar-refractivity contribution in [3.63, 3.8) is 0 Å². The molecule has 7 nitrogen and oxygen atoms in total. The van der Waals surface area contributed by atoms with Gasteiger partial charge < -0.3 is 20.9 Å². The highest BCUT2D eigenvalue weighted by molar-refractivity contribution is 5.88. The minimum Gasteiger partial charge on any atom is -0.497 e. The Morgan fingerprint density at radius 3 is 2.41 bits per heavy atom. The Balaban J connectivity index is 2.38. The molecule has 0 aliphatic heterocycles. The number of hydrogen-bond acceptors (Lipinski definition) is 4. The van der Waals surface area contributed by atoms with Crippen LogP contribution in [-0.4, -0.2) is 36.0 Å². The molecule has 0 heterocycles. The topological polar surface area (TPSA) is 119 Å². The van der Waals surface area contributed by atoms with Crippen LogP contribution in [0.15, 0.2) is 24.3 Å². The molecular weight excluding hydrogens is 288 g/mol. The van der Waals surface area contributed by atoms with E-state index in [2.05, 4.69) is 5.32 Å². The van der Waals surface area contributed by atoms with Crippen LogP contribution in [-0.2, 0) is 20.8 Å². The number of benzene rings is 1. The van der Waals surface area contributed by atoms with Gasteiger partial charge >= 0.3 is 5.97 Å². The van der Waals surface area contributed by atoms with Crippen LogP contribution in [0.4, 0.5) is 0 Å². The molecule has 0 bridgehead atoms. The van der Waals surface area contributed by atoms with Crippen LogP contribution in [0.1, 0.15) is 24.8 Å². The zero-order valence-corrected chi connectivity index (χ0v) is 12.4. The van der Waals surface area contributed by atoms with Crippen molar-refractivity contribution in [2.75, 3.05) is 7.11 Å². The highest BCUT2D eigenvalue weighted by Gasteiger charge is 2.21. The summed E-state index contributed by atoms with van der Waals surface area (Å²) >= 11 is 0. The summed E-state index contributed by atoms with van der Waals surface area (Å²) in [6, 6.07) is 6.21. The number of carboxylic acids is 1. The van der Waals surface area contributed by atoms with E-state index in [0.29, 0.717) is 12.8 Å². The number of rotatable bonds is 9. The quantitative estimate of drug-likeness (QED) is 0.612. The molecule has 0 aliphatic carbocycles. The molecule has 2 amide bonds. The molecule has 0 saturated carbocycles. The summed E-state index contributed by atoms with van der Waals surface area (Å²) in [5, 5.41) is 11.2. The van der Waals surface area contributed by atoms with E-state index in [-0.39, 0.29) is 6.42 Å². The number of carbonyl (C=O) groups is 3. The second-order valence-electron chi connectivity index (χ2n) is 4.83. The molecule has 1 aromatic carbocycles. The molecule has 0 aliphatic rings.